The molecule has 0 aliphatic heterocycles. The van der Waals surface area contributed by atoms with Crippen LogP contribution in [0.3, 0.4) is 0 Å². The van der Waals surface area contributed by atoms with Crippen LogP contribution < -0.4 is 9.47 Å². The van der Waals surface area contributed by atoms with E-state index in [1.165, 1.54) is 19.3 Å². The van der Waals surface area contributed by atoms with Gasteiger partial charge in [-0.1, -0.05) is 39.5 Å². The van der Waals surface area contributed by atoms with Gasteiger partial charge in [0.05, 0.1) is 24.0 Å². The highest BCUT2D eigenvalue weighted by atomic mass is 16.5. The lowest BCUT2D eigenvalue weighted by atomic mass is 9.69. The van der Waals surface area contributed by atoms with Crippen molar-refractivity contribution in [3.05, 3.63) is 24.3 Å². The SMILES string of the molecule is CCCCCC[C@]1(C#N)CC[C@@H](C(=O)Oc2ccc(OCCC)cc2)CC1. The number of ether oxygens (including phenoxy) is 2. The predicted octanol–water partition coefficient (Wildman–Crippen LogP) is 6.05. The number of hydrogen-bond acceptors (Lipinski definition) is 4. The zero-order chi connectivity index (χ0) is 19.5. The number of esters is 1. The average molecular weight is 372 g/mol. The summed E-state index contributed by atoms with van der Waals surface area (Å²) in [5.74, 6) is 1.07. The van der Waals surface area contributed by atoms with Crippen molar-refractivity contribution in [3.8, 4) is 17.6 Å². The van der Waals surface area contributed by atoms with E-state index in [2.05, 4.69) is 19.9 Å². The van der Waals surface area contributed by atoms with Crippen LogP contribution in [-0.2, 0) is 4.79 Å². The number of nitriles is 1. The first-order valence-electron chi connectivity index (χ1n) is 10.5. The van der Waals surface area contributed by atoms with Crippen molar-refractivity contribution in [2.24, 2.45) is 11.3 Å². The van der Waals surface area contributed by atoms with Crippen molar-refractivity contribution < 1.29 is 14.3 Å². The van der Waals surface area contributed by atoms with Gasteiger partial charge in [-0.15, -0.1) is 0 Å². The lowest BCUT2D eigenvalue weighted by Crippen LogP contribution is -2.31. The molecular weight excluding hydrogens is 338 g/mol. The molecule has 0 atom stereocenters. The Morgan fingerprint density at radius 1 is 1.07 bits per heavy atom. The molecule has 0 amide bonds. The van der Waals surface area contributed by atoms with Crippen molar-refractivity contribution in [2.75, 3.05) is 6.61 Å². The fraction of sp³-hybridized carbons (Fsp3) is 0.652. The molecule has 1 aliphatic carbocycles. The number of hydrogen-bond donors (Lipinski definition) is 0. The number of carbonyl (C=O) groups excluding carboxylic acids is 1. The lowest BCUT2D eigenvalue weighted by molar-refractivity contribution is -0.140. The molecule has 0 unspecified atom stereocenters. The summed E-state index contributed by atoms with van der Waals surface area (Å²) >= 11 is 0. The fourth-order valence-corrected chi connectivity index (χ4v) is 3.74. The van der Waals surface area contributed by atoms with Crippen molar-refractivity contribution in [1.82, 2.24) is 0 Å². The molecule has 1 aliphatic rings. The number of carbonyl (C=O) groups is 1. The first kappa shape index (κ1) is 21.3. The number of nitrogens with zero attached hydrogens (tertiary/aromatic N) is 1. The molecule has 0 spiro atoms. The van der Waals surface area contributed by atoms with E-state index < -0.39 is 0 Å². The smallest absolute Gasteiger partial charge is 0.314 e. The van der Waals surface area contributed by atoms with E-state index >= 15 is 0 Å². The van der Waals surface area contributed by atoms with Gasteiger partial charge in [0.2, 0.25) is 0 Å². The second-order valence-corrected chi connectivity index (χ2v) is 7.72. The standard InChI is InChI=1S/C23H33NO3/c1-3-5-6-7-14-23(18-24)15-12-19(13-16-23)22(25)27-21-10-8-20(9-11-21)26-17-4-2/h8-11,19H,3-7,12-17H2,1-2H3/t19-,23+. The third-order valence-electron chi connectivity index (χ3n) is 5.54. The Bertz CT molecular complexity index is 610. The first-order chi connectivity index (χ1) is 13.1. The summed E-state index contributed by atoms with van der Waals surface area (Å²) in [6.45, 7) is 4.94. The topological polar surface area (TPSA) is 59.3 Å². The van der Waals surface area contributed by atoms with Gasteiger partial charge in [-0.2, -0.15) is 5.26 Å². The molecule has 2 rings (SSSR count). The lowest BCUT2D eigenvalue weighted by Gasteiger charge is -2.34. The van der Waals surface area contributed by atoms with Crippen molar-refractivity contribution in [2.45, 2.75) is 78.1 Å². The molecule has 4 nitrogen and oxygen atoms in total. The minimum atomic E-state index is -0.233. The third-order valence-corrected chi connectivity index (χ3v) is 5.54. The van der Waals surface area contributed by atoms with Crippen LogP contribution in [0.2, 0.25) is 0 Å². The summed E-state index contributed by atoms with van der Waals surface area (Å²) in [5, 5.41) is 9.67. The molecular formula is C23H33NO3. The van der Waals surface area contributed by atoms with Gasteiger partial charge in [0.25, 0.3) is 0 Å². The van der Waals surface area contributed by atoms with Gasteiger partial charge >= 0.3 is 5.97 Å². The quantitative estimate of drug-likeness (QED) is 0.285. The largest absolute Gasteiger partial charge is 0.494 e. The maximum Gasteiger partial charge on any atom is 0.314 e. The first-order valence-corrected chi connectivity index (χ1v) is 10.5. The maximum atomic E-state index is 12.5. The second kappa shape index (κ2) is 11.0. The van der Waals surface area contributed by atoms with E-state index in [4.69, 9.17) is 9.47 Å². The van der Waals surface area contributed by atoms with Crippen LogP contribution in [0.5, 0.6) is 11.5 Å². The summed E-state index contributed by atoms with van der Waals surface area (Å²) in [6.07, 6.45) is 9.78. The number of unbranched alkanes of at least 4 members (excludes halogenated alkanes) is 3. The van der Waals surface area contributed by atoms with E-state index in [0.717, 1.165) is 50.7 Å². The normalized spacial score (nSPS) is 22.0. The van der Waals surface area contributed by atoms with E-state index in [9.17, 15) is 10.1 Å². The van der Waals surface area contributed by atoms with Gasteiger partial charge in [-0.3, -0.25) is 4.79 Å². The maximum absolute atomic E-state index is 12.5. The Kier molecular flexibility index (Phi) is 8.64. The average Bonchev–Trinajstić information content (AvgIpc) is 2.71. The minimum Gasteiger partial charge on any atom is -0.494 e. The number of benzene rings is 1. The van der Waals surface area contributed by atoms with Crippen LogP contribution in [0.15, 0.2) is 24.3 Å². The van der Waals surface area contributed by atoms with E-state index in [1.807, 2.05) is 12.1 Å². The highest BCUT2D eigenvalue weighted by Gasteiger charge is 2.37. The molecule has 0 radical (unpaired) electrons. The van der Waals surface area contributed by atoms with Crippen LogP contribution in [0.1, 0.15) is 78.1 Å². The van der Waals surface area contributed by atoms with Gasteiger partial charge in [0, 0.05) is 0 Å². The van der Waals surface area contributed by atoms with Crippen LogP contribution >= 0.6 is 0 Å². The Morgan fingerprint density at radius 2 is 1.74 bits per heavy atom. The molecule has 27 heavy (non-hydrogen) atoms. The molecule has 1 aromatic rings. The van der Waals surface area contributed by atoms with Crippen LogP contribution in [0.4, 0.5) is 0 Å². The molecule has 0 aromatic heterocycles. The summed E-state index contributed by atoms with van der Waals surface area (Å²) < 4.78 is 11.1. The third kappa shape index (κ3) is 6.57. The van der Waals surface area contributed by atoms with Crippen molar-refractivity contribution >= 4 is 5.97 Å². The highest BCUT2D eigenvalue weighted by Crippen LogP contribution is 2.42. The molecule has 1 aromatic carbocycles. The molecule has 1 fully saturated rings. The molecule has 148 valence electrons. The van der Waals surface area contributed by atoms with E-state index in [1.54, 1.807) is 12.1 Å². The molecule has 0 saturated heterocycles. The predicted molar refractivity (Wildman–Crippen MR) is 107 cm³/mol. The van der Waals surface area contributed by atoms with Gasteiger partial charge < -0.3 is 9.47 Å². The fourth-order valence-electron chi connectivity index (χ4n) is 3.74. The molecule has 0 heterocycles. The van der Waals surface area contributed by atoms with Crippen LogP contribution in [0.25, 0.3) is 0 Å². The molecule has 0 bridgehead atoms. The molecule has 0 N–H and O–H groups in total. The Labute approximate surface area is 163 Å². The monoisotopic (exact) mass is 371 g/mol. The van der Waals surface area contributed by atoms with E-state index in [0.29, 0.717) is 12.4 Å². The second-order valence-electron chi connectivity index (χ2n) is 7.72. The summed E-state index contributed by atoms with van der Waals surface area (Å²) in [6, 6.07) is 9.77. The zero-order valence-corrected chi connectivity index (χ0v) is 16.8. The Morgan fingerprint density at radius 3 is 2.33 bits per heavy atom. The Hall–Kier alpha value is -2.02. The Balaban J connectivity index is 1.80. The van der Waals surface area contributed by atoms with Crippen LogP contribution in [-0.4, -0.2) is 12.6 Å². The number of rotatable bonds is 10. The zero-order valence-electron chi connectivity index (χ0n) is 16.8. The summed E-state index contributed by atoms with van der Waals surface area (Å²) in [4.78, 5) is 12.5. The minimum absolute atomic E-state index is 0.0989. The molecule has 4 heteroatoms. The van der Waals surface area contributed by atoms with Crippen LogP contribution in [0, 0.1) is 22.7 Å². The highest BCUT2D eigenvalue weighted by molar-refractivity contribution is 5.75. The molecule has 1 saturated carbocycles. The van der Waals surface area contributed by atoms with Gasteiger partial charge in [0.15, 0.2) is 0 Å². The van der Waals surface area contributed by atoms with Gasteiger partial charge in [-0.05, 0) is 62.8 Å². The van der Waals surface area contributed by atoms with Gasteiger partial charge in [0.1, 0.15) is 11.5 Å². The summed E-state index contributed by atoms with van der Waals surface area (Å²) in [7, 11) is 0. The van der Waals surface area contributed by atoms with Crippen molar-refractivity contribution in [1.29, 1.82) is 5.26 Å². The van der Waals surface area contributed by atoms with E-state index in [-0.39, 0.29) is 17.3 Å². The van der Waals surface area contributed by atoms with Gasteiger partial charge in [-0.25, -0.2) is 0 Å². The summed E-state index contributed by atoms with van der Waals surface area (Å²) in [5.41, 5.74) is -0.233. The van der Waals surface area contributed by atoms with Crippen molar-refractivity contribution in [3.63, 3.8) is 0 Å².